The summed E-state index contributed by atoms with van der Waals surface area (Å²) in [5.41, 5.74) is 0.952. The Bertz CT molecular complexity index is 592. The molecule has 1 N–H and O–H groups in total. The van der Waals surface area contributed by atoms with Gasteiger partial charge in [0.1, 0.15) is 12.1 Å². The summed E-state index contributed by atoms with van der Waals surface area (Å²) < 4.78 is 5.34. The van der Waals surface area contributed by atoms with Crippen LogP contribution in [0.25, 0.3) is 0 Å². The maximum absolute atomic E-state index is 6.19. The molecule has 6 heteroatoms. The molecule has 0 aliphatic heterocycles. The van der Waals surface area contributed by atoms with Crippen molar-refractivity contribution in [2.24, 2.45) is 0 Å². The van der Waals surface area contributed by atoms with Gasteiger partial charge < -0.3 is 10.1 Å². The Balaban J connectivity index is 2.14. The quantitative estimate of drug-likeness (QED) is 0.891. The molecule has 20 heavy (non-hydrogen) atoms. The number of nitrogens with one attached hydrogen (secondary N) is 1. The van der Waals surface area contributed by atoms with Gasteiger partial charge in [-0.25, -0.2) is 9.97 Å². The highest BCUT2D eigenvalue weighted by molar-refractivity contribution is 6.35. The van der Waals surface area contributed by atoms with Crippen molar-refractivity contribution < 1.29 is 4.74 Å². The van der Waals surface area contributed by atoms with Crippen LogP contribution in [0.4, 0.5) is 5.82 Å². The maximum Gasteiger partial charge on any atom is 0.218 e. The van der Waals surface area contributed by atoms with Crippen molar-refractivity contribution in [2.45, 2.75) is 19.9 Å². The molecule has 0 saturated carbocycles. The molecule has 1 aromatic carbocycles. The molecule has 0 aliphatic carbocycles. The second-order valence-corrected chi connectivity index (χ2v) is 5.05. The molecule has 0 fully saturated rings. The van der Waals surface area contributed by atoms with Crippen LogP contribution in [0.2, 0.25) is 10.0 Å². The smallest absolute Gasteiger partial charge is 0.218 e. The highest BCUT2D eigenvalue weighted by Gasteiger charge is 2.11. The van der Waals surface area contributed by atoms with Gasteiger partial charge in [0.05, 0.1) is 12.6 Å². The van der Waals surface area contributed by atoms with Crippen LogP contribution < -0.4 is 10.1 Å². The van der Waals surface area contributed by atoms with Gasteiger partial charge in [-0.2, -0.15) is 0 Å². The molecule has 1 unspecified atom stereocenters. The van der Waals surface area contributed by atoms with Crippen LogP contribution in [0, 0.1) is 0 Å². The maximum atomic E-state index is 6.19. The first-order chi connectivity index (χ1) is 9.60. The molecule has 0 bridgehead atoms. The summed E-state index contributed by atoms with van der Waals surface area (Å²) in [7, 11) is 0. The third kappa shape index (κ3) is 3.74. The van der Waals surface area contributed by atoms with E-state index in [2.05, 4.69) is 15.3 Å². The molecule has 2 aromatic rings. The van der Waals surface area contributed by atoms with Gasteiger partial charge in [-0.1, -0.05) is 29.3 Å². The van der Waals surface area contributed by atoms with Gasteiger partial charge in [-0.15, -0.1) is 0 Å². The fourth-order valence-corrected chi connectivity index (χ4v) is 2.37. The molecule has 0 spiro atoms. The van der Waals surface area contributed by atoms with Crippen LogP contribution in [-0.2, 0) is 0 Å². The van der Waals surface area contributed by atoms with Gasteiger partial charge >= 0.3 is 0 Å². The Kier molecular flexibility index (Phi) is 5.04. The zero-order chi connectivity index (χ0) is 14.5. The van der Waals surface area contributed by atoms with Crippen molar-refractivity contribution in [3.05, 3.63) is 46.2 Å². The third-order valence-electron chi connectivity index (χ3n) is 2.73. The van der Waals surface area contributed by atoms with Crippen LogP contribution in [0.1, 0.15) is 25.5 Å². The van der Waals surface area contributed by atoms with Crippen LogP contribution in [0.3, 0.4) is 0 Å². The number of rotatable bonds is 5. The lowest BCUT2D eigenvalue weighted by Gasteiger charge is -2.16. The Labute approximate surface area is 128 Å². The zero-order valence-corrected chi connectivity index (χ0v) is 12.7. The summed E-state index contributed by atoms with van der Waals surface area (Å²) in [6, 6.07) is 7.18. The number of anilines is 1. The second kappa shape index (κ2) is 6.77. The molecule has 1 atom stereocenters. The summed E-state index contributed by atoms with van der Waals surface area (Å²) in [6.45, 7) is 4.47. The van der Waals surface area contributed by atoms with Gasteiger partial charge in [0.15, 0.2) is 0 Å². The molecule has 1 aromatic heterocycles. The van der Waals surface area contributed by atoms with E-state index in [9.17, 15) is 0 Å². The minimum atomic E-state index is -0.0101. The van der Waals surface area contributed by atoms with Crippen LogP contribution in [0.5, 0.6) is 5.88 Å². The summed E-state index contributed by atoms with van der Waals surface area (Å²) >= 11 is 12.1. The van der Waals surface area contributed by atoms with Crippen LogP contribution in [0.15, 0.2) is 30.6 Å². The molecular weight excluding hydrogens is 297 g/mol. The Hall–Kier alpha value is -1.52. The summed E-state index contributed by atoms with van der Waals surface area (Å²) in [6.07, 6.45) is 1.46. The van der Waals surface area contributed by atoms with Crippen molar-refractivity contribution in [1.82, 2.24) is 9.97 Å². The van der Waals surface area contributed by atoms with Gasteiger partial charge in [0.2, 0.25) is 5.88 Å². The van der Waals surface area contributed by atoms with E-state index in [0.717, 1.165) is 5.56 Å². The van der Waals surface area contributed by atoms with Crippen LogP contribution >= 0.6 is 23.2 Å². The average Bonchev–Trinajstić information content (AvgIpc) is 2.39. The first kappa shape index (κ1) is 14.9. The molecule has 0 radical (unpaired) electrons. The first-order valence-electron chi connectivity index (χ1n) is 6.26. The lowest BCUT2D eigenvalue weighted by Crippen LogP contribution is -2.09. The van der Waals surface area contributed by atoms with Gasteiger partial charge in [-0.05, 0) is 31.5 Å². The number of benzene rings is 1. The van der Waals surface area contributed by atoms with E-state index in [1.54, 1.807) is 12.1 Å². The Morgan fingerprint density at radius 2 is 2.05 bits per heavy atom. The average molecular weight is 312 g/mol. The lowest BCUT2D eigenvalue weighted by molar-refractivity contribution is 0.326. The highest BCUT2D eigenvalue weighted by atomic mass is 35.5. The summed E-state index contributed by atoms with van der Waals surface area (Å²) in [5, 5.41) is 4.50. The van der Waals surface area contributed by atoms with E-state index >= 15 is 0 Å². The van der Waals surface area contributed by atoms with E-state index in [1.165, 1.54) is 6.33 Å². The van der Waals surface area contributed by atoms with Crippen molar-refractivity contribution in [3.63, 3.8) is 0 Å². The van der Waals surface area contributed by atoms with E-state index in [1.807, 2.05) is 26.0 Å². The molecule has 106 valence electrons. The van der Waals surface area contributed by atoms with Gasteiger partial charge in [-0.3, -0.25) is 0 Å². The topological polar surface area (TPSA) is 47.0 Å². The predicted octanol–water partition coefficient (Wildman–Crippen LogP) is 4.36. The van der Waals surface area contributed by atoms with E-state index < -0.39 is 0 Å². The van der Waals surface area contributed by atoms with Gasteiger partial charge in [0.25, 0.3) is 0 Å². The first-order valence-corrected chi connectivity index (χ1v) is 7.02. The van der Waals surface area contributed by atoms with E-state index in [0.29, 0.717) is 28.3 Å². The van der Waals surface area contributed by atoms with E-state index in [4.69, 9.17) is 27.9 Å². The number of aromatic nitrogens is 2. The monoisotopic (exact) mass is 311 g/mol. The molecule has 1 heterocycles. The third-order valence-corrected chi connectivity index (χ3v) is 3.29. The zero-order valence-electron chi connectivity index (χ0n) is 11.2. The highest BCUT2D eigenvalue weighted by Crippen LogP contribution is 2.28. The second-order valence-electron chi connectivity index (χ2n) is 4.21. The number of halogens is 2. The van der Waals surface area contributed by atoms with Crippen molar-refractivity contribution in [3.8, 4) is 5.88 Å². The Morgan fingerprint density at radius 1 is 1.25 bits per heavy atom. The number of ether oxygens (including phenoxy) is 1. The van der Waals surface area contributed by atoms with E-state index in [-0.39, 0.29) is 6.04 Å². The van der Waals surface area contributed by atoms with Crippen LogP contribution in [-0.4, -0.2) is 16.6 Å². The summed E-state index contributed by atoms with van der Waals surface area (Å²) in [4.78, 5) is 8.18. The fourth-order valence-electron chi connectivity index (χ4n) is 1.80. The van der Waals surface area contributed by atoms with Crippen molar-refractivity contribution in [1.29, 1.82) is 0 Å². The SMILES string of the molecule is CCOc1cc(NC(C)c2ccc(Cl)cc2Cl)ncn1. The normalized spacial score (nSPS) is 12.0. The van der Waals surface area contributed by atoms with Gasteiger partial charge in [0, 0.05) is 16.1 Å². The molecule has 2 rings (SSSR count). The lowest BCUT2D eigenvalue weighted by atomic mass is 10.1. The molecule has 0 saturated heterocycles. The van der Waals surface area contributed by atoms with Crippen molar-refractivity contribution >= 4 is 29.0 Å². The predicted molar refractivity (Wildman–Crippen MR) is 81.7 cm³/mol. The largest absolute Gasteiger partial charge is 0.478 e. The number of hydrogen-bond donors (Lipinski definition) is 1. The molecular formula is C14H15Cl2N3O. The summed E-state index contributed by atoms with van der Waals surface area (Å²) in [5.74, 6) is 1.22. The minimum absolute atomic E-state index is 0.0101. The molecule has 4 nitrogen and oxygen atoms in total. The molecule has 0 amide bonds. The molecule has 0 aliphatic rings. The number of hydrogen-bond acceptors (Lipinski definition) is 4. The van der Waals surface area contributed by atoms with Crippen molar-refractivity contribution in [2.75, 3.05) is 11.9 Å². The fraction of sp³-hybridized carbons (Fsp3) is 0.286. The number of nitrogens with zero attached hydrogens (tertiary/aromatic N) is 2. The Morgan fingerprint density at radius 3 is 2.75 bits per heavy atom. The minimum Gasteiger partial charge on any atom is -0.478 e. The standard InChI is InChI=1S/C14H15Cl2N3O/c1-3-20-14-7-13(17-8-18-14)19-9(2)11-5-4-10(15)6-12(11)16/h4-9H,3H2,1-2H3,(H,17,18,19).